The van der Waals surface area contributed by atoms with Crippen molar-refractivity contribution in [2.45, 2.75) is 287 Å². The van der Waals surface area contributed by atoms with Crippen molar-refractivity contribution in [1.82, 2.24) is 0 Å². The first-order valence-corrected chi connectivity index (χ1v) is 24.9. The average molecular weight is 847 g/mol. The maximum absolute atomic E-state index is 11.2. The molecule has 11 heteroatoms. The minimum atomic E-state index is -1.70. The number of hydrogen-bond donors (Lipinski definition) is 7. The fourth-order valence-electron chi connectivity index (χ4n) is 8.75. The Labute approximate surface area is 360 Å². The molecule has 2 fully saturated rings. The number of ether oxygens (including phenoxy) is 4. The second-order valence-corrected chi connectivity index (χ2v) is 18.6. The zero-order valence-corrected chi connectivity index (χ0v) is 38.0. The number of unbranched alkanes of at least 4 members (excludes halogenated alkanes) is 26. The zero-order valence-electron chi connectivity index (χ0n) is 38.0. The van der Waals surface area contributed by atoms with Crippen LogP contribution in [0, 0.1) is 5.92 Å². The summed E-state index contributed by atoms with van der Waals surface area (Å²) >= 11 is 0. The van der Waals surface area contributed by atoms with E-state index < -0.39 is 74.6 Å². The van der Waals surface area contributed by atoms with E-state index in [1.165, 1.54) is 161 Å². The third kappa shape index (κ3) is 23.7. The van der Waals surface area contributed by atoms with Crippen molar-refractivity contribution in [2.75, 3.05) is 13.2 Å². The van der Waals surface area contributed by atoms with Gasteiger partial charge in [0, 0.05) is 0 Å². The van der Waals surface area contributed by atoms with Gasteiger partial charge in [0.2, 0.25) is 0 Å². The molecule has 352 valence electrons. The lowest BCUT2D eigenvalue weighted by Gasteiger charge is -2.46. The standard InChI is InChI=1S/C48H94O11/c1-4-5-6-7-8-9-10-11-12-13-14-18-21-24-27-30-33-38(34-31-28-25-22-19-16-15-17-20-23-26-29-32-37(2)3)56-47-45(55)43(53)46(40(36-50)58-47)59-48-44(54)42(52)41(51)39(35-49)57-48/h37-55H,4-36H2,1-3H3/t38?,39-,40-,41+,42-,43+,44-,45-,46-,47+,48?/m0/s1. The first kappa shape index (κ1) is 54.7. The highest BCUT2D eigenvalue weighted by molar-refractivity contribution is 4.94. The predicted octanol–water partition coefficient (Wildman–Crippen LogP) is 8.76. The summed E-state index contributed by atoms with van der Waals surface area (Å²) in [5.74, 6) is 0.816. The van der Waals surface area contributed by atoms with E-state index in [1.54, 1.807) is 0 Å². The second-order valence-electron chi connectivity index (χ2n) is 18.6. The Hall–Kier alpha value is -0.440. The lowest BCUT2D eigenvalue weighted by molar-refractivity contribution is -0.363. The van der Waals surface area contributed by atoms with Crippen LogP contribution in [-0.4, -0.2) is 116 Å². The molecule has 0 aromatic rings. The number of aliphatic hydroxyl groups is 7. The van der Waals surface area contributed by atoms with Crippen LogP contribution in [0.5, 0.6) is 0 Å². The molecule has 11 atom stereocenters. The van der Waals surface area contributed by atoms with E-state index in [-0.39, 0.29) is 6.10 Å². The molecule has 0 aromatic carbocycles. The molecular weight excluding hydrogens is 753 g/mol. The molecule has 2 aliphatic rings. The van der Waals surface area contributed by atoms with Crippen LogP contribution < -0.4 is 0 Å². The summed E-state index contributed by atoms with van der Waals surface area (Å²) in [7, 11) is 0. The smallest absolute Gasteiger partial charge is 0.187 e. The molecule has 0 saturated carbocycles. The monoisotopic (exact) mass is 847 g/mol. The topological polar surface area (TPSA) is 179 Å². The van der Waals surface area contributed by atoms with Crippen LogP contribution in [-0.2, 0) is 18.9 Å². The minimum Gasteiger partial charge on any atom is -0.394 e. The molecule has 0 aliphatic carbocycles. The van der Waals surface area contributed by atoms with Crippen molar-refractivity contribution in [3.05, 3.63) is 0 Å². The summed E-state index contributed by atoms with van der Waals surface area (Å²) in [5, 5.41) is 73.0. The Balaban J connectivity index is 1.78. The van der Waals surface area contributed by atoms with Crippen molar-refractivity contribution in [1.29, 1.82) is 0 Å². The van der Waals surface area contributed by atoms with Gasteiger partial charge in [-0.15, -0.1) is 0 Å². The highest BCUT2D eigenvalue weighted by atomic mass is 16.7. The minimum absolute atomic E-state index is 0.184. The molecule has 0 amide bonds. The summed E-state index contributed by atoms with van der Waals surface area (Å²) < 4.78 is 23.6. The molecule has 0 bridgehead atoms. The van der Waals surface area contributed by atoms with Crippen LogP contribution >= 0.6 is 0 Å². The summed E-state index contributed by atoms with van der Waals surface area (Å²) in [6.07, 6.45) is 24.4. The second kappa shape index (κ2) is 35.0. The van der Waals surface area contributed by atoms with Crippen molar-refractivity contribution in [2.24, 2.45) is 5.92 Å². The van der Waals surface area contributed by atoms with Gasteiger partial charge in [-0.25, -0.2) is 0 Å². The highest BCUT2D eigenvalue weighted by Gasteiger charge is 2.51. The van der Waals surface area contributed by atoms with Crippen molar-refractivity contribution in [3.8, 4) is 0 Å². The maximum Gasteiger partial charge on any atom is 0.187 e. The van der Waals surface area contributed by atoms with E-state index in [1.807, 2.05) is 0 Å². The molecule has 2 rings (SSSR count). The van der Waals surface area contributed by atoms with Crippen molar-refractivity contribution >= 4 is 0 Å². The molecule has 11 nitrogen and oxygen atoms in total. The van der Waals surface area contributed by atoms with E-state index in [2.05, 4.69) is 20.8 Å². The van der Waals surface area contributed by atoms with Crippen LogP contribution in [0.3, 0.4) is 0 Å². The molecule has 59 heavy (non-hydrogen) atoms. The molecule has 2 heterocycles. The fraction of sp³-hybridized carbons (Fsp3) is 1.00. The van der Waals surface area contributed by atoms with Gasteiger partial charge in [0.1, 0.15) is 48.8 Å². The normalized spacial score (nSPS) is 28.1. The zero-order chi connectivity index (χ0) is 43.1. The molecule has 2 aliphatic heterocycles. The third-order valence-electron chi connectivity index (χ3n) is 12.7. The third-order valence-corrected chi connectivity index (χ3v) is 12.7. The van der Waals surface area contributed by atoms with Gasteiger partial charge in [0.15, 0.2) is 12.6 Å². The highest BCUT2D eigenvalue weighted by Crippen LogP contribution is 2.31. The van der Waals surface area contributed by atoms with Crippen LogP contribution in [0.1, 0.15) is 220 Å². The van der Waals surface area contributed by atoms with Gasteiger partial charge in [-0.1, -0.05) is 207 Å². The Bertz CT molecular complexity index is 939. The van der Waals surface area contributed by atoms with Gasteiger partial charge in [-0.3, -0.25) is 0 Å². The molecular formula is C48H94O11. The number of rotatable bonds is 38. The van der Waals surface area contributed by atoms with Gasteiger partial charge in [-0.05, 0) is 18.8 Å². The van der Waals surface area contributed by atoms with E-state index in [4.69, 9.17) is 18.9 Å². The number of hydrogen-bond acceptors (Lipinski definition) is 11. The van der Waals surface area contributed by atoms with Crippen molar-refractivity contribution < 1.29 is 54.7 Å². The van der Waals surface area contributed by atoms with Gasteiger partial charge in [0.25, 0.3) is 0 Å². The van der Waals surface area contributed by atoms with Gasteiger partial charge >= 0.3 is 0 Å². The predicted molar refractivity (Wildman–Crippen MR) is 235 cm³/mol. The van der Waals surface area contributed by atoms with Gasteiger partial charge in [-0.2, -0.15) is 0 Å². The fourth-order valence-corrected chi connectivity index (χ4v) is 8.75. The summed E-state index contributed by atoms with van der Waals surface area (Å²) in [6.45, 7) is 5.66. The van der Waals surface area contributed by atoms with E-state index in [0.29, 0.717) is 0 Å². The first-order valence-electron chi connectivity index (χ1n) is 24.9. The molecule has 0 aromatic heterocycles. The largest absolute Gasteiger partial charge is 0.394 e. The first-order chi connectivity index (χ1) is 28.6. The maximum atomic E-state index is 11.2. The van der Waals surface area contributed by atoms with Crippen molar-refractivity contribution in [3.63, 3.8) is 0 Å². The SMILES string of the molecule is CCCCCCCCCCCCCCCCCCC(CCCCCCCCCCCCCCC(C)C)O[C@@H]1O[C@@H](CO)[C@H](OC2O[C@@H](CO)[C@@H](O)[C@H](O)[C@@H]2O)[C@H](O)[C@@H]1O. The Kier molecular flexibility index (Phi) is 32.4. The Morgan fingerprint density at radius 3 is 1.15 bits per heavy atom. The molecule has 7 N–H and O–H groups in total. The average Bonchev–Trinajstić information content (AvgIpc) is 3.22. The van der Waals surface area contributed by atoms with E-state index >= 15 is 0 Å². The van der Waals surface area contributed by atoms with Gasteiger partial charge in [0.05, 0.1) is 19.3 Å². The molecule has 0 spiro atoms. The van der Waals surface area contributed by atoms with E-state index in [9.17, 15) is 35.7 Å². The lowest BCUT2D eigenvalue weighted by atomic mass is 9.96. The Morgan fingerprint density at radius 1 is 0.407 bits per heavy atom. The van der Waals surface area contributed by atoms with Gasteiger partial charge < -0.3 is 54.7 Å². The summed E-state index contributed by atoms with van der Waals surface area (Å²) in [4.78, 5) is 0. The van der Waals surface area contributed by atoms with Crippen LogP contribution in [0.25, 0.3) is 0 Å². The van der Waals surface area contributed by atoms with E-state index in [0.717, 1.165) is 44.4 Å². The molecule has 0 radical (unpaired) electrons. The molecule has 2 unspecified atom stereocenters. The van der Waals surface area contributed by atoms with Crippen LogP contribution in [0.2, 0.25) is 0 Å². The molecule has 2 saturated heterocycles. The van der Waals surface area contributed by atoms with Crippen LogP contribution in [0.4, 0.5) is 0 Å². The summed E-state index contributed by atoms with van der Waals surface area (Å²) in [6, 6.07) is 0. The van der Waals surface area contributed by atoms with Crippen LogP contribution in [0.15, 0.2) is 0 Å². The number of aliphatic hydroxyl groups excluding tert-OH is 7. The Morgan fingerprint density at radius 2 is 0.763 bits per heavy atom. The lowest BCUT2D eigenvalue weighted by Crippen LogP contribution is -2.64. The quantitative estimate of drug-likeness (QED) is 0.0296. The summed E-state index contributed by atoms with van der Waals surface area (Å²) in [5.41, 5.74) is 0.